The zero-order valence-electron chi connectivity index (χ0n) is 15.4. The summed E-state index contributed by atoms with van der Waals surface area (Å²) in [7, 11) is 5.97. The number of halogens is 1. The van der Waals surface area contributed by atoms with Crippen molar-refractivity contribution in [1.29, 1.82) is 0 Å². The van der Waals surface area contributed by atoms with E-state index in [1.54, 1.807) is 13.2 Å². The lowest BCUT2D eigenvalue weighted by molar-refractivity contribution is 0.298. The number of rotatable bonds is 6. The number of guanidine groups is 1. The van der Waals surface area contributed by atoms with E-state index in [4.69, 9.17) is 0 Å². The molecule has 1 aromatic carbocycles. The van der Waals surface area contributed by atoms with E-state index in [1.165, 1.54) is 11.1 Å². The van der Waals surface area contributed by atoms with Gasteiger partial charge in [-0.05, 0) is 38.7 Å². The Hall–Kier alpha value is -1.67. The number of aryl methyl sites for hydroxylation is 1. The number of likely N-dealkylation sites (N-methyl/N-ethyl adjacent to an activating group) is 1. The van der Waals surface area contributed by atoms with Crippen LogP contribution in [0.4, 0.5) is 0 Å². The predicted octanol–water partition coefficient (Wildman–Crippen LogP) is 2.98. The largest absolute Gasteiger partial charge is 0.354 e. The zero-order chi connectivity index (χ0) is 17.4. The molecule has 0 radical (unpaired) electrons. The molecule has 2 rings (SSSR count). The van der Waals surface area contributed by atoms with Gasteiger partial charge in [0.05, 0.1) is 18.3 Å². The molecule has 1 unspecified atom stereocenters. The molecule has 0 bridgehead atoms. The lowest BCUT2D eigenvalue weighted by Crippen LogP contribution is -2.41. The summed E-state index contributed by atoms with van der Waals surface area (Å²) in [5.41, 5.74) is 3.55. The van der Waals surface area contributed by atoms with Crippen molar-refractivity contribution in [3.8, 4) is 0 Å². The quantitative estimate of drug-likeness (QED) is 0.401. The zero-order valence-corrected chi connectivity index (χ0v) is 17.7. The van der Waals surface area contributed by atoms with Crippen molar-refractivity contribution in [2.75, 3.05) is 27.7 Å². The molecular weight excluding hydrogens is 425 g/mol. The molecule has 5 nitrogen and oxygen atoms in total. The summed E-state index contributed by atoms with van der Waals surface area (Å²) in [5.74, 6) is 0.777. The van der Waals surface area contributed by atoms with Crippen molar-refractivity contribution in [1.82, 2.24) is 20.5 Å². The Morgan fingerprint density at radius 2 is 1.84 bits per heavy atom. The van der Waals surface area contributed by atoms with Gasteiger partial charge in [-0.2, -0.15) is 0 Å². The lowest BCUT2D eigenvalue weighted by atomic mass is 10.0. The highest BCUT2D eigenvalue weighted by molar-refractivity contribution is 14.0. The Labute approximate surface area is 168 Å². The monoisotopic (exact) mass is 453 g/mol. The van der Waals surface area contributed by atoms with E-state index < -0.39 is 0 Å². The van der Waals surface area contributed by atoms with Crippen LogP contribution in [0.3, 0.4) is 0 Å². The smallest absolute Gasteiger partial charge is 0.191 e. The Bertz CT molecular complexity index is 641. The second-order valence-corrected chi connectivity index (χ2v) is 6.02. The van der Waals surface area contributed by atoms with E-state index in [1.807, 2.05) is 18.2 Å². The van der Waals surface area contributed by atoms with Gasteiger partial charge in [-0.1, -0.05) is 35.9 Å². The number of hydrogen-bond acceptors (Lipinski definition) is 3. The molecule has 0 saturated heterocycles. The van der Waals surface area contributed by atoms with Crippen LogP contribution in [0.15, 0.2) is 53.7 Å². The van der Waals surface area contributed by atoms with Gasteiger partial charge in [0.1, 0.15) is 0 Å². The maximum atomic E-state index is 4.31. The van der Waals surface area contributed by atoms with Crippen LogP contribution in [0.25, 0.3) is 0 Å². The van der Waals surface area contributed by atoms with Crippen molar-refractivity contribution in [3.05, 3.63) is 65.5 Å². The van der Waals surface area contributed by atoms with Gasteiger partial charge in [0.2, 0.25) is 0 Å². The molecule has 1 aromatic heterocycles. The van der Waals surface area contributed by atoms with Crippen LogP contribution >= 0.6 is 24.0 Å². The molecule has 0 aliphatic rings. The Kier molecular flexibility index (Phi) is 9.44. The van der Waals surface area contributed by atoms with Crippen molar-refractivity contribution in [2.45, 2.75) is 19.5 Å². The molecular formula is C19H28IN5. The standard InChI is InChI=1S/C19H27N5.HI/c1-15-8-10-16(11-9-15)18(24(3)4)14-23-19(20-2)22-13-17-7-5-6-12-21-17;/h5-12,18H,13-14H2,1-4H3,(H2,20,22,23);1H. The van der Waals surface area contributed by atoms with Gasteiger partial charge in [-0.25, -0.2) is 0 Å². The maximum absolute atomic E-state index is 4.31. The maximum Gasteiger partial charge on any atom is 0.191 e. The molecule has 0 aliphatic heterocycles. The number of aromatic nitrogens is 1. The minimum Gasteiger partial charge on any atom is -0.354 e. The first-order chi connectivity index (χ1) is 11.6. The summed E-state index contributed by atoms with van der Waals surface area (Å²) in [6, 6.07) is 14.9. The van der Waals surface area contributed by atoms with Gasteiger partial charge in [0.15, 0.2) is 5.96 Å². The highest BCUT2D eigenvalue weighted by atomic mass is 127. The number of benzene rings is 1. The SMILES string of the molecule is CN=C(NCc1ccccn1)NCC(c1ccc(C)cc1)N(C)C.I. The minimum absolute atomic E-state index is 0. The highest BCUT2D eigenvalue weighted by Crippen LogP contribution is 2.17. The number of hydrogen-bond donors (Lipinski definition) is 2. The molecule has 2 N–H and O–H groups in total. The molecule has 0 fully saturated rings. The van der Waals surface area contributed by atoms with Crippen LogP contribution in [0, 0.1) is 6.92 Å². The third-order valence-corrected chi connectivity index (χ3v) is 3.94. The van der Waals surface area contributed by atoms with Crippen LogP contribution in [0.1, 0.15) is 22.9 Å². The molecule has 2 aromatic rings. The second-order valence-electron chi connectivity index (χ2n) is 6.02. The highest BCUT2D eigenvalue weighted by Gasteiger charge is 2.14. The van der Waals surface area contributed by atoms with Gasteiger partial charge in [0.25, 0.3) is 0 Å². The van der Waals surface area contributed by atoms with Crippen LogP contribution < -0.4 is 10.6 Å². The van der Waals surface area contributed by atoms with E-state index >= 15 is 0 Å². The number of nitrogens with zero attached hydrogens (tertiary/aromatic N) is 3. The molecule has 0 saturated carbocycles. The molecule has 25 heavy (non-hydrogen) atoms. The molecule has 6 heteroatoms. The molecule has 0 aliphatic carbocycles. The lowest BCUT2D eigenvalue weighted by Gasteiger charge is -2.26. The number of pyridine rings is 1. The fraction of sp³-hybridized carbons (Fsp3) is 0.368. The summed E-state index contributed by atoms with van der Waals surface area (Å²) in [6.07, 6.45) is 1.80. The van der Waals surface area contributed by atoms with Crippen molar-refractivity contribution < 1.29 is 0 Å². The first kappa shape index (κ1) is 21.4. The minimum atomic E-state index is 0. The topological polar surface area (TPSA) is 52.6 Å². The van der Waals surface area contributed by atoms with Gasteiger partial charge >= 0.3 is 0 Å². The molecule has 1 heterocycles. The summed E-state index contributed by atoms with van der Waals surface area (Å²) >= 11 is 0. The summed E-state index contributed by atoms with van der Waals surface area (Å²) in [6.45, 7) is 3.53. The van der Waals surface area contributed by atoms with Gasteiger partial charge in [-0.15, -0.1) is 24.0 Å². The van der Waals surface area contributed by atoms with Gasteiger partial charge in [0, 0.05) is 19.8 Å². The fourth-order valence-electron chi connectivity index (χ4n) is 2.48. The van der Waals surface area contributed by atoms with Crippen LogP contribution in [-0.4, -0.2) is 43.5 Å². The first-order valence-electron chi connectivity index (χ1n) is 8.17. The molecule has 1 atom stereocenters. The van der Waals surface area contributed by atoms with E-state index in [-0.39, 0.29) is 30.0 Å². The number of nitrogens with one attached hydrogen (secondary N) is 2. The predicted molar refractivity (Wildman–Crippen MR) is 115 cm³/mol. The van der Waals surface area contributed by atoms with Crippen molar-refractivity contribution >= 4 is 29.9 Å². The number of aliphatic imine (C=N–C) groups is 1. The first-order valence-corrected chi connectivity index (χ1v) is 8.17. The molecule has 136 valence electrons. The summed E-state index contributed by atoms with van der Waals surface area (Å²) < 4.78 is 0. The molecule has 0 amide bonds. The van der Waals surface area contributed by atoms with Crippen LogP contribution in [-0.2, 0) is 6.54 Å². The van der Waals surface area contributed by atoms with Crippen molar-refractivity contribution in [2.24, 2.45) is 4.99 Å². The third kappa shape index (κ3) is 6.99. The van der Waals surface area contributed by atoms with E-state index in [0.29, 0.717) is 6.54 Å². The fourth-order valence-corrected chi connectivity index (χ4v) is 2.48. The van der Waals surface area contributed by atoms with Gasteiger partial charge < -0.3 is 15.5 Å². The third-order valence-electron chi connectivity index (χ3n) is 3.94. The van der Waals surface area contributed by atoms with Gasteiger partial charge in [-0.3, -0.25) is 9.98 Å². The van der Waals surface area contributed by atoms with Crippen molar-refractivity contribution in [3.63, 3.8) is 0 Å². The molecule has 0 spiro atoms. The van der Waals surface area contributed by atoms with Crippen LogP contribution in [0.2, 0.25) is 0 Å². The Morgan fingerprint density at radius 3 is 2.40 bits per heavy atom. The average molecular weight is 453 g/mol. The second kappa shape index (κ2) is 11.0. The van der Waals surface area contributed by atoms with E-state index in [0.717, 1.165) is 18.2 Å². The summed E-state index contributed by atoms with van der Waals surface area (Å²) in [4.78, 5) is 10.8. The normalized spacial score (nSPS) is 12.4. The van der Waals surface area contributed by atoms with Crippen LogP contribution in [0.5, 0.6) is 0 Å². The average Bonchev–Trinajstić information content (AvgIpc) is 2.60. The Morgan fingerprint density at radius 1 is 1.12 bits per heavy atom. The van der Waals surface area contributed by atoms with E-state index in [9.17, 15) is 0 Å². The summed E-state index contributed by atoms with van der Waals surface area (Å²) in [5, 5.41) is 6.70. The Balaban J connectivity index is 0.00000312. The van der Waals surface area contributed by atoms with E-state index in [2.05, 4.69) is 70.8 Å².